The third-order valence-electron chi connectivity index (χ3n) is 3.76. The predicted octanol–water partition coefficient (Wildman–Crippen LogP) is 2.98. The van der Waals surface area contributed by atoms with E-state index in [9.17, 15) is 19.7 Å². The van der Waals surface area contributed by atoms with Gasteiger partial charge in [0.1, 0.15) is 0 Å². The molecule has 1 atom stereocenters. The Morgan fingerprint density at radius 1 is 1.19 bits per heavy atom. The first-order chi connectivity index (χ1) is 12.2. The number of esters is 1. The van der Waals surface area contributed by atoms with Gasteiger partial charge >= 0.3 is 5.97 Å². The van der Waals surface area contributed by atoms with Crippen LogP contribution in [0.4, 0.5) is 17.1 Å². The Labute approximate surface area is 150 Å². The number of nitrogen functional groups attached to an aromatic ring is 1. The van der Waals surface area contributed by atoms with Gasteiger partial charge < -0.3 is 15.8 Å². The average Bonchev–Trinajstić information content (AvgIpc) is 2.57. The van der Waals surface area contributed by atoms with E-state index in [0.717, 1.165) is 17.2 Å². The van der Waals surface area contributed by atoms with Gasteiger partial charge in [-0.2, -0.15) is 0 Å². The molecule has 136 valence electrons. The highest BCUT2D eigenvalue weighted by molar-refractivity contribution is 6.00. The van der Waals surface area contributed by atoms with E-state index in [2.05, 4.69) is 5.32 Å². The molecule has 0 saturated carbocycles. The molecule has 0 aliphatic heterocycles. The van der Waals surface area contributed by atoms with E-state index in [1.165, 1.54) is 19.1 Å². The molecule has 0 bridgehead atoms. The van der Waals surface area contributed by atoms with Gasteiger partial charge in [-0.15, -0.1) is 0 Å². The fraction of sp³-hybridized carbons (Fsp3) is 0.222. The number of nitrogens with zero attached hydrogens (tertiary/aromatic N) is 1. The molecule has 2 aromatic carbocycles. The van der Waals surface area contributed by atoms with Crippen LogP contribution in [-0.2, 0) is 9.53 Å². The molecule has 3 N–H and O–H groups in total. The number of anilines is 2. The first-order valence-electron chi connectivity index (χ1n) is 7.82. The normalized spacial score (nSPS) is 11.5. The number of carbonyl (C=O) groups is 2. The van der Waals surface area contributed by atoms with Gasteiger partial charge in [0.05, 0.1) is 10.5 Å². The van der Waals surface area contributed by atoms with Gasteiger partial charge in [-0.25, -0.2) is 4.79 Å². The monoisotopic (exact) mass is 357 g/mol. The summed E-state index contributed by atoms with van der Waals surface area (Å²) in [5.41, 5.74) is 7.79. The van der Waals surface area contributed by atoms with Gasteiger partial charge in [-0.1, -0.05) is 17.7 Å². The van der Waals surface area contributed by atoms with E-state index in [0.29, 0.717) is 5.69 Å². The van der Waals surface area contributed by atoms with Crippen LogP contribution in [0.3, 0.4) is 0 Å². The van der Waals surface area contributed by atoms with E-state index in [1.807, 2.05) is 26.0 Å². The standard InChI is InChI=1S/C18H19N3O5/c1-10-4-7-16(11(2)8-10)20-17(22)12(3)26-18(23)14-9-13(21(24)25)5-6-15(14)19/h4-9,12H,19H2,1-3H3,(H,20,22)/t12-/m1/s1. The van der Waals surface area contributed by atoms with E-state index >= 15 is 0 Å². The maximum Gasteiger partial charge on any atom is 0.341 e. The number of rotatable bonds is 5. The highest BCUT2D eigenvalue weighted by Gasteiger charge is 2.22. The minimum absolute atomic E-state index is 0.0302. The second-order valence-electron chi connectivity index (χ2n) is 5.88. The smallest absolute Gasteiger partial charge is 0.341 e. The summed E-state index contributed by atoms with van der Waals surface area (Å²) in [5, 5.41) is 13.5. The number of carbonyl (C=O) groups excluding carboxylic acids is 2. The molecule has 2 aromatic rings. The molecule has 0 aliphatic carbocycles. The first kappa shape index (κ1) is 18.9. The number of hydrogen-bond donors (Lipinski definition) is 2. The summed E-state index contributed by atoms with van der Waals surface area (Å²) < 4.78 is 5.10. The number of hydrogen-bond acceptors (Lipinski definition) is 6. The molecular weight excluding hydrogens is 338 g/mol. The lowest BCUT2D eigenvalue weighted by atomic mass is 10.1. The second kappa shape index (κ2) is 7.64. The lowest BCUT2D eigenvalue weighted by Gasteiger charge is -2.15. The summed E-state index contributed by atoms with van der Waals surface area (Å²) >= 11 is 0. The third kappa shape index (κ3) is 4.35. The van der Waals surface area contributed by atoms with Crippen molar-refractivity contribution in [2.75, 3.05) is 11.1 Å². The molecule has 26 heavy (non-hydrogen) atoms. The molecule has 0 unspecified atom stereocenters. The van der Waals surface area contributed by atoms with Gasteiger partial charge in [0, 0.05) is 23.5 Å². The van der Waals surface area contributed by atoms with Crippen LogP contribution in [-0.4, -0.2) is 22.9 Å². The third-order valence-corrected chi connectivity index (χ3v) is 3.76. The van der Waals surface area contributed by atoms with Crippen molar-refractivity contribution in [3.8, 4) is 0 Å². The molecule has 2 rings (SSSR count). The maximum absolute atomic E-state index is 12.2. The van der Waals surface area contributed by atoms with Crippen LogP contribution in [0.1, 0.15) is 28.4 Å². The Morgan fingerprint density at radius 3 is 2.50 bits per heavy atom. The fourth-order valence-electron chi connectivity index (χ4n) is 2.30. The van der Waals surface area contributed by atoms with E-state index in [-0.39, 0.29) is 16.9 Å². The Bertz CT molecular complexity index is 879. The van der Waals surface area contributed by atoms with Crippen LogP contribution in [0.25, 0.3) is 0 Å². The molecule has 0 spiro atoms. The number of nitro groups is 1. The van der Waals surface area contributed by atoms with E-state index < -0.39 is 22.9 Å². The lowest BCUT2D eigenvalue weighted by Crippen LogP contribution is -2.30. The zero-order valence-electron chi connectivity index (χ0n) is 14.6. The van der Waals surface area contributed by atoms with Crippen LogP contribution in [0.15, 0.2) is 36.4 Å². The van der Waals surface area contributed by atoms with Crippen LogP contribution in [0, 0.1) is 24.0 Å². The molecule has 8 heteroatoms. The number of non-ortho nitro benzene ring substituents is 1. The van der Waals surface area contributed by atoms with Crippen molar-refractivity contribution in [1.82, 2.24) is 0 Å². The SMILES string of the molecule is Cc1ccc(NC(=O)[C@@H](C)OC(=O)c2cc([N+](=O)[O-])ccc2N)c(C)c1. The van der Waals surface area contributed by atoms with Crippen molar-refractivity contribution >= 4 is 28.9 Å². The van der Waals surface area contributed by atoms with Crippen molar-refractivity contribution in [2.45, 2.75) is 26.9 Å². The number of nitrogens with two attached hydrogens (primary N) is 1. The molecule has 0 aromatic heterocycles. The minimum Gasteiger partial charge on any atom is -0.449 e. The van der Waals surface area contributed by atoms with Gasteiger partial charge in [-0.3, -0.25) is 14.9 Å². The maximum atomic E-state index is 12.2. The summed E-state index contributed by atoms with van der Waals surface area (Å²) in [6, 6.07) is 8.97. The molecule has 0 aliphatic rings. The van der Waals surface area contributed by atoms with Crippen molar-refractivity contribution < 1.29 is 19.2 Å². The number of benzene rings is 2. The lowest BCUT2D eigenvalue weighted by molar-refractivity contribution is -0.384. The van der Waals surface area contributed by atoms with Crippen molar-refractivity contribution in [1.29, 1.82) is 0 Å². The molecular formula is C18H19N3O5. The molecule has 0 radical (unpaired) electrons. The Kier molecular flexibility index (Phi) is 5.56. The van der Waals surface area contributed by atoms with E-state index in [1.54, 1.807) is 6.07 Å². The number of ether oxygens (including phenoxy) is 1. The number of amides is 1. The topological polar surface area (TPSA) is 125 Å². The Morgan fingerprint density at radius 2 is 1.88 bits per heavy atom. The summed E-state index contributed by atoms with van der Waals surface area (Å²) in [5.74, 6) is -1.43. The zero-order chi connectivity index (χ0) is 19.4. The van der Waals surface area contributed by atoms with Gasteiger partial charge in [0.15, 0.2) is 6.10 Å². The molecule has 0 saturated heterocycles. The van der Waals surface area contributed by atoms with Crippen LogP contribution in [0.2, 0.25) is 0 Å². The summed E-state index contributed by atoms with van der Waals surface area (Å²) in [4.78, 5) is 34.6. The molecule has 0 fully saturated rings. The number of nitro benzene ring substituents is 1. The van der Waals surface area contributed by atoms with Crippen molar-refractivity contribution in [3.63, 3.8) is 0 Å². The quantitative estimate of drug-likeness (QED) is 0.367. The number of aryl methyl sites for hydroxylation is 2. The molecule has 1 amide bonds. The van der Waals surface area contributed by atoms with Crippen LogP contribution in [0.5, 0.6) is 0 Å². The summed E-state index contributed by atoms with van der Waals surface area (Å²) in [6.07, 6.45) is -1.11. The van der Waals surface area contributed by atoms with Crippen molar-refractivity contribution in [2.24, 2.45) is 0 Å². The fourth-order valence-corrected chi connectivity index (χ4v) is 2.30. The second-order valence-corrected chi connectivity index (χ2v) is 5.88. The Balaban J connectivity index is 2.10. The van der Waals surface area contributed by atoms with E-state index in [4.69, 9.17) is 10.5 Å². The predicted molar refractivity (Wildman–Crippen MR) is 96.9 cm³/mol. The first-order valence-corrected chi connectivity index (χ1v) is 7.82. The molecule has 0 heterocycles. The number of nitrogens with one attached hydrogen (secondary N) is 1. The molecule has 8 nitrogen and oxygen atoms in total. The van der Waals surface area contributed by atoms with Gasteiger partial charge in [0.2, 0.25) is 0 Å². The van der Waals surface area contributed by atoms with Crippen molar-refractivity contribution in [3.05, 3.63) is 63.2 Å². The highest BCUT2D eigenvalue weighted by atomic mass is 16.6. The zero-order valence-corrected chi connectivity index (χ0v) is 14.6. The summed E-state index contributed by atoms with van der Waals surface area (Å²) in [7, 11) is 0. The summed E-state index contributed by atoms with van der Waals surface area (Å²) in [6.45, 7) is 5.19. The average molecular weight is 357 g/mol. The van der Waals surface area contributed by atoms with Gasteiger partial charge in [0.25, 0.3) is 11.6 Å². The van der Waals surface area contributed by atoms with Gasteiger partial charge in [-0.05, 0) is 38.5 Å². The highest BCUT2D eigenvalue weighted by Crippen LogP contribution is 2.21. The minimum atomic E-state index is -1.11. The Hall–Kier alpha value is -3.42. The van der Waals surface area contributed by atoms with Crippen LogP contribution < -0.4 is 11.1 Å². The van der Waals surface area contributed by atoms with Crippen LogP contribution >= 0.6 is 0 Å². The largest absolute Gasteiger partial charge is 0.449 e.